The van der Waals surface area contributed by atoms with E-state index in [4.69, 9.17) is 4.74 Å². The molecule has 0 saturated heterocycles. The quantitative estimate of drug-likeness (QED) is 0.694. The third-order valence-corrected chi connectivity index (χ3v) is 7.45. The molecule has 2 saturated carbocycles. The van der Waals surface area contributed by atoms with Crippen LogP contribution in [0.4, 0.5) is 0 Å². The Labute approximate surface area is 182 Å². The summed E-state index contributed by atoms with van der Waals surface area (Å²) >= 11 is 0. The van der Waals surface area contributed by atoms with E-state index in [2.05, 4.69) is 29.7 Å². The Balaban J connectivity index is 1.54. The molecule has 2 aromatic rings. The zero-order valence-electron chi connectivity index (χ0n) is 17.9. The second kappa shape index (κ2) is 7.38. The van der Waals surface area contributed by atoms with Crippen LogP contribution in [0.5, 0.6) is 5.75 Å². The number of aliphatic hydroxyl groups is 1. The number of amides is 2. The Kier molecular flexibility index (Phi) is 4.77. The molecule has 31 heavy (non-hydrogen) atoms. The van der Waals surface area contributed by atoms with E-state index in [1.54, 1.807) is 13.1 Å². The van der Waals surface area contributed by atoms with Crippen LogP contribution < -0.4 is 15.4 Å². The van der Waals surface area contributed by atoms with Gasteiger partial charge in [-0.2, -0.15) is 0 Å². The van der Waals surface area contributed by atoms with Crippen LogP contribution in [0.3, 0.4) is 0 Å². The van der Waals surface area contributed by atoms with Gasteiger partial charge in [0.2, 0.25) is 0 Å². The lowest BCUT2D eigenvalue weighted by Crippen LogP contribution is -2.31. The van der Waals surface area contributed by atoms with Crippen LogP contribution in [-0.2, 0) is 5.41 Å². The first kappa shape index (κ1) is 20.1. The topological polar surface area (TPSA) is 87.7 Å². The third kappa shape index (κ3) is 3.12. The lowest BCUT2D eigenvalue weighted by atomic mass is 9.73. The molecule has 1 aliphatic heterocycles. The van der Waals surface area contributed by atoms with Crippen molar-refractivity contribution in [1.29, 1.82) is 0 Å². The van der Waals surface area contributed by atoms with Gasteiger partial charge in [-0.25, -0.2) is 0 Å². The second-order valence-electron chi connectivity index (χ2n) is 9.02. The number of carbonyl (C=O) groups excluding carboxylic acids is 2. The highest BCUT2D eigenvalue weighted by Gasteiger charge is 2.56. The van der Waals surface area contributed by atoms with Crippen molar-refractivity contribution >= 4 is 11.8 Å². The van der Waals surface area contributed by atoms with Crippen molar-refractivity contribution in [1.82, 2.24) is 10.6 Å². The minimum Gasteiger partial charge on any atom is -0.491 e. The van der Waals surface area contributed by atoms with Crippen LogP contribution in [0.25, 0.3) is 0 Å². The van der Waals surface area contributed by atoms with Gasteiger partial charge in [-0.1, -0.05) is 37.3 Å². The third-order valence-electron chi connectivity index (χ3n) is 7.45. The minimum atomic E-state index is -0.407. The standard InChI is InChI=1S/C25H28N2O4/c1-3-25(15-7-5-4-6-8-15)13-31-22-19(24(30)26-2)9-14(10-20(22)25)23(29)27-21-17-11-16(28)12-18(17)21/h4-10,16-18,21,28H,3,11-13H2,1-2H3,(H,26,30)(H,27,29)/t16?,17-,18+,21?,25-/m0/s1. The molecule has 5 atom stereocenters. The number of fused-ring (bicyclic) bond motifs is 2. The fourth-order valence-electron chi connectivity index (χ4n) is 5.60. The van der Waals surface area contributed by atoms with Crippen LogP contribution in [0.15, 0.2) is 42.5 Å². The predicted octanol–water partition coefficient (Wildman–Crippen LogP) is 2.63. The van der Waals surface area contributed by atoms with Gasteiger partial charge in [0, 0.05) is 24.2 Å². The summed E-state index contributed by atoms with van der Waals surface area (Å²) in [6, 6.07) is 13.8. The Morgan fingerprint density at radius 2 is 1.84 bits per heavy atom. The maximum absolute atomic E-state index is 13.2. The molecule has 0 aromatic heterocycles. The van der Waals surface area contributed by atoms with Gasteiger partial charge in [-0.15, -0.1) is 0 Å². The van der Waals surface area contributed by atoms with E-state index in [1.165, 1.54) is 0 Å². The first-order chi connectivity index (χ1) is 15.0. The lowest BCUT2D eigenvalue weighted by Gasteiger charge is -2.27. The van der Waals surface area contributed by atoms with Crippen molar-refractivity contribution in [3.8, 4) is 5.75 Å². The molecule has 1 heterocycles. The monoisotopic (exact) mass is 420 g/mol. The lowest BCUT2D eigenvalue weighted by molar-refractivity contribution is 0.0937. The van der Waals surface area contributed by atoms with E-state index < -0.39 is 5.41 Å². The minimum absolute atomic E-state index is 0.119. The van der Waals surface area contributed by atoms with Gasteiger partial charge in [0.05, 0.1) is 17.1 Å². The molecule has 2 amide bonds. The van der Waals surface area contributed by atoms with Crippen molar-refractivity contribution in [3.63, 3.8) is 0 Å². The normalized spacial score (nSPS) is 30.2. The summed E-state index contributed by atoms with van der Waals surface area (Å²) in [6.07, 6.45) is 2.05. The Hall–Kier alpha value is -2.86. The SMILES string of the molecule is CC[C@@]1(c2ccccc2)COc2c(C(=O)NC)cc(C(=O)NC3[C@H]4CC(O)C[C@@H]34)cc21. The number of carbonyl (C=O) groups is 2. The first-order valence-electron chi connectivity index (χ1n) is 11.1. The summed E-state index contributed by atoms with van der Waals surface area (Å²) in [5.74, 6) is 0.862. The van der Waals surface area contributed by atoms with Crippen molar-refractivity contribution in [2.45, 2.75) is 43.7 Å². The summed E-state index contributed by atoms with van der Waals surface area (Å²) in [5.41, 5.74) is 2.46. The van der Waals surface area contributed by atoms with Crippen molar-refractivity contribution < 1.29 is 19.4 Å². The van der Waals surface area contributed by atoms with E-state index in [0.29, 0.717) is 35.3 Å². The largest absolute Gasteiger partial charge is 0.491 e. The van der Waals surface area contributed by atoms with E-state index in [9.17, 15) is 14.7 Å². The number of aliphatic hydroxyl groups excluding tert-OH is 1. The highest BCUT2D eigenvalue weighted by Crippen LogP contribution is 2.52. The number of ether oxygens (including phenoxy) is 1. The molecule has 2 fully saturated rings. The Bertz CT molecular complexity index is 1030. The van der Waals surface area contributed by atoms with Crippen LogP contribution in [-0.4, -0.2) is 42.7 Å². The van der Waals surface area contributed by atoms with E-state index in [0.717, 1.165) is 30.4 Å². The smallest absolute Gasteiger partial charge is 0.254 e. The number of hydrogen-bond donors (Lipinski definition) is 3. The van der Waals surface area contributed by atoms with E-state index in [-0.39, 0.29) is 24.0 Å². The molecule has 5 rings (SSSR count). The predicted molar refractivity (Wildman–Crippen MR) is 116 cm³/mol. The maximum atomic E-state index is 13.2. The summed E-state index contributed by atoms with van der Waals surface area (Å²) in [5, 5.41) is 15.6. The van der Waals surface area contributed by atoms with Crippen LogP contribution in [0.1, 0.15) is 58.0 Å². The fraction of sp³-hybridized carbons (Fsp3) is 0.440. The number of rotatable bonds is 5. The second-order valence-corrected chi connectivity index (χ2v) is 9.02. The summed E-state index contributed by atoms with van der Waals surface area (Å²) in [7, 11) is 1.58. The maximum Gasteiger partial charge on any atom is 0.254 e. The van der Waals surface area contributed by atoms with Crippen molar-refractivity contribution in [2.24, 2.45) is 11.8 Å². The molecular formula is C25H28N2O4. The molecule has 2 unspecified atom stereocenters. The summed E-state index contributed by atoms with van der Waals surface area (Å²) in [6.45, 7) is 2.54. The van der Waals surface area contributed by atoms with Crippen molar-refractivity contribution in [3.05, 3.63) is 64.7 Å². The van der Waals surface area contributed by atoms with E-state index in [1.807, 2.05) is 24.3 Å². The molecule has 3 N–H and O–H groups in total. The Morgan fingerprint density at radius 1 is 1.13 bits per heavy atom. The van der Waals surface area contributed by atoms with Gasteiger partial charge in [0.15, 0.2) is 0 Å². The van der Waals surface area contributed by atoms with Crippen LogP contribution in [0, 0.1) is 11.8 Å². The molecule has 0 radical (unpaired) electrons. The molecule has 2 aromatic carbocycles. The Morgan fingerprint density at radius 3 is 2.48 bits per heavy atom. The van der Waals surface area contributed by atoms with Crippen molar-refractivity contribution in [2.75, 3.05) is 13.7 Å². The zero-order chi connectivity index (χ0) is 21.8. The molecule has 0 spiro atoms. The van der Waals surface area contributed by atoms with Gasteiger partial charge in [-0.3, -0.25) is 9.59 Å². The average molecular weight is 421 g/mol. The number of benzene rings is 2. The molecule has 3 aliphatic rings. The molecule has 0 bridgehead atoms. The van der Waals surface area contributed by atoms with Crippen LogP contribution in [0.2, 0.25) is 0 Å². The molecule has 6 nitrogen and oxygen atoms in total. The number of hydrogen-bond acceptors (Lipinski definition) is 4. The van der Waals surface area contributed by atoms with Gasteiger partial charge in [0.1, 0.15) is 12.4 Å². The summed E-state index contributed by atoms with van der Waals surface area (Å²) in [4.78, 5) is 25.8. The van der Waals surface area contributed by atoms with Gasteiger partial charge in [0.25, 0.3) is 11.8 Å². The first-order valence-corrected chi connectivity index (χ1v) is 11.1. The highest BCUT2D eigenvalue weighted by molar-refractivity contribution is 6.02. The molecule has 6 heteroatoms. The van der Waals surface area contributed by atoms with Crippen LogP contribution >= 0.6 is 0 Å². The molecule has 2 aliphatic carbocycles. The number of nitrogens with one attached hydrogen (secondary N) is 2. The molecule has 162 valence electrons. The summed E-state index contributed by atoms with van der Waals surface area (Å²) < 4.78 is 6.09. The van der Waals surface area contributed by atoms with E-state index >= 15 is 0 Å². The van der Waals surface area contributed by atoms with Gasteiger partial charge < -0.3 is 20.5 Å². The van der Waals surface area contributed by atoms with Gasteiger partial charge >= 0.3 is 0 Å². The fourth-order valence-corrected chi connectivity index (χ4v) is 5.60. The average Bonchev–Trinajstić information content (AvgIpc) is 3.13. The molecular weight excluding hydrogens is 392 g/mol. The highest BCUT2D eigenvalue weighted by atomic mass is 16.5. The van der Waals surface area contributed by atoms with Gasteiger partial charge in [-0.05, 0) is 48.8 Å². The zero-order valence-corrected chi connectivity index (χ0v) is 17.9.